The van der Waals surface area contributed by atoms with Gasteiger partial charge in [-0.2, -0.15) is 9.97 Å². The van der Waals surface area contributed by atoms with Crippen molar-refractivity contribution in [3.8, 4) is 5.88 Å². The summed E-state index contributed by atoms with van der Waals surface area (Å²) >= 11 is 0. The fourth-order valence-electron chi connectivity index (χ4n) is 6.62. The van der Waals surface area contributed by atoms with E-state index in [2.05, 4.69) is 25.1 Å². The number of carbonyl (C=O) groups is 3. The summed E-state index contributed by atoms with van der Waals surface area (Å²) < 4.78 is 55.2. The van der Waals surface area contributed by atoms with Gasteiger partial charge in [0.05, 0.1) is 34.3 Å². The molecule has 260 valence electrons. The second kappa shape index (κ2) is 12.8. The van der Waals surface area contributed by atoms with Gasteiger partial charge in [0.15, 0.2) is 17.3 Å². The molecule has 19 heteroatoms. The van der Waals surface area contributed by atoms with E-state index in [0.717, 1.165) is 0 Å². The minimum absolute atomic E-state index is 0.00373. The molecule has 2 saturated heterocycles. The monoisotopic (exact) mass is 683 g/mol. The van der Waals surface area contributed by atoms with Crippen molar-refractivity contribution >= 4 is 42.9 Å². The molecule has 2 aromatic heterocycles. The van der Waals surface area contributed by atoms with Crippen LogP contribution in [-0.4, -0.2) is 101 Å². The molecule has 0 bridgehead atoms. The molecule has 3 aliphatic rings. The molecular formula is C28H42N7O11P. The Labute approximate surface area is 271 Å². The number of carbonyl (C=O) groups excluding carboxylic acids is 3. The fraction of sp³-hybridized carbons (Fsp3) is 0.714. The zero-order valence-electron chi connectivity index (χ0n) is 27.5. The van der Waals surface area contributed by atoms with Gasteiger partial charge in [-0.3, -0.25) is 14.2 Å². The topological polar surface area (TPSA) is 227 Å². The van der Waals surface area contributed by atoms with Gasteiger partial charge in [0.25, 0.3) is 0 Å². The Kier molecular flexibility index (Phi) is 9.47. The van der Waals surface area contributed by atoms with E-state index < -0.39 is 67.3 Å². The molecule has 47 heavy (non-hydrogen) atoms. The number of nitrogen functional groups attached to an aromatic ring is 1. The highest BCUT2D eigenvalue weighted by Gasteiger charge is 2.92. The van der Waals surface area contributed by atoms with Crippen molar-refractivity contribution in [1.82, 2.24) is 29.7 Å². The number of methoxy groups -OCH3 is 3. The SMILES string of the molecule is COC(=O)C(CC(C)C)NP(=O)(NC(CC(C)C)C(=O)OC)OC[C@H]1OC2(C)[C@@H](n3cnc4c(OC)nc(N)nc43)C23OC(=O)OC13. The predicted octanol–water partition coefficient (Wildman–Crippen LogP) is 1.88. The summed E-state index contributed by atoms with van der Waals surface area (Å²) in [4.78, 5) is 50.8. The lowest BCUT2D eigenvalue weighted by molar-refractivity contribution is -0.143. The van der Waals surface area contributed by atoms with Crippen molar-refractivity contribution in [2.75, 3.05) is 33.7 Å². The second-order valence-electron chi connectivity index (χ2n) is 12.8. The Balaban J connectivity index is 1.42. The fourth-order valence-corrected chi connectivity index (χ4v) is 8.44. The Morgan fingerprint density at radius 1 is 1.06 bits per heavy atom. The van der Waals surface area contributed by atoms with Crippen LogP contribution in [0.25, 0.3) is 11.2 Å². The zero-order valence-corrected chi connectivity index (χ0v) is 28.4. The van der Waals surface area contributed by atoms with Crippen LogP contribution in [0.4, 0.5) is 10.7 Å². The molecule has 7 atom stereocenters. The molecule has 18 nitrogen and oxygen atoms in total. The smallest absolute Gasteiger partial charge is 0.479 e. The van der Waals surface area contributed by atoms with E-state index in [1.54, 1.807) is 11.5 Å². The van der Waals surface area contributed by atoms with E-state index in [-0.39, 0.29) is 43.1 Å². The Hall–Kier alpha value is -3.57. The Bertz CT molecular complexity index is 1550. The zero-order chi connectivity index (χ0) is 34.5. The van der Waals surface area contributed by atoms with Crippen molar-refractivity contribution in [2.45, 2.75) is 89.0 Å². The van der Waals surface area contributed by atoms with Crippen LogP contribution in [0.2, 0.25) is 0 Å². The number of aromatic nitrogens is 4. The third-order valence-electron chi connectivity index (χ3n) is 8.59. The molecule has 2 aromatic rings. The molecular weight excluding hydrogens is 641 g/mol. The largest absolute Gasteiger partial charge is 0.509 e. The first-order chi connectivity index (χ1) is 22.1. The van der Waals surface area contributed by atoms with E-state index in [9.17, 15) is 18.9 Å². The van der Waals surface area contributed by atoms with Crippen LogP contribution in [0.1, 0.15) is 53.5 Å². The normalized spacial score (nSPS) is 28.6. The summed E-state index contributed by atoms with van der Waals surface area (Å²) in [6.07, 6.45) is -0.887. The van der Waals surface area contributed by atoms with Crippen molar-refractivity contribution in [3.05, 3.63) is 6.33 Å². The summed E-state index contributed by atoms with van der Waals surface area (Å²) in [5.41, 5.74) is 4.11. The van der Waals surface area contributed by atoms with Crippen molar-refractivity contribution < 1.29 is 51.9 Å². The van der Waals surface area contributed by atoms with Gasteiger partial charge >= 0.3 is 25.8 Å². The molecule has 1 aliphatic carbocycles. The van der Waals surface area contributed by atoms with Gasteiger partial charge < -0.3 is 43.2 Å². The van der Waals surface area contributed by atoms with Gasteiger partial charge in [-0.25, -0.2) is 20.0 Å². The van der Waals surface area contributed by atoms with E-state index in [1.165, 1.54) is 27.7 Å². The standard InChI is InChI=1S/C28H42N7O11P/c1-13(2)9-15(22(36)41-7)33-47(39,34-16(10-14(3)4)23(37)42-8)43-11-17-19-28(46-26(38)44-19)24(27(28,5)45-17)35-12-30-18-20(35)31-25(29)32-21(18)40-6/h12-17,19,24H,9-11H2,1-8H3,(H2,29,31,32)(H2,33,34,39)/t15?,16?,17-,19?,24-,27?,28?,47?/m1/s1. The van der Waals surface area contributed by atoms with Crippen LogP contribution in [0.3, 0.4) is 0 Å². The van der Waals surface area contributed by atoms with Crippen molar-refractivity contribution in [1.29, 1.82) is 0 Å². The number of fused-ring (bicyclic) bond motifs is 1. The predicted molar refractivity (Wildman–Crippen MR) is 163 cm³/mol. The minimum Gasteiger partial charge on any atom is -0.479 e. The first-order valence-electron chi connectivity index (χ1n) is 15.2. The van der Waals surface area contributed by atoms with Gasteiger partial charge in [-0.1, -0.05) is 27.7 Å². The van der Waals surface area contributed by atoms with E-state index in [1.807, 2.05) is 27.7 Å². The number of anilines is 1. The molecule has 0 radical (unpaired) electrons. The lowest BCUT2D eigenvalue weighted by Crippen LogP contribution is -2.46. The van der Waals surface area contributed by atoms with Gasteiger partial charge in [0.2, 0.25) is 17.4 Å². The van der Waals surface area contributed by atoms with Crippen LogP contribution >= 0.6 is 7.67 Å². The molecule has 4 heterocycles. The molecule has 4 N–H and O–H groups in total. The van der Waals surface area contributed by atoms with Gasteiger partial charge in [-0.15, -0.1) is 0 Å². The maximum absolute atomic E-state index is 14.5. The summed E-state index contributed by atoms with van der Waals surface area (Å²) in [7, 11) is -0.380. The van der Waals surface area contributed by atoms with Crippen LogP contribution in [0, 0.1) is 11.8 Å². The molecule has 5 unspecified atom stereocenters. The average molecular weight is 684 g/mol. The maximum atomic E-state index is 14.5. The molecule has 5 rings (SSSR count). The van der Waals surface area contributed by atoms with Crippen LogP contribution < -0.4 is 20.6 Å². The summed E-state index contributed by atoms with van der Waals surface area (Å²) in [6.45, 7) is 8.89. The molecule has 1 spiro atoms. The average Bonchev–Trinajstić information content (AvgIpc) is 3.37. The molecule has 0 aromatic carbocycles. The molecule has 2 aliphatic heterocycles. The molecule has 0 amide bonds. The first kappa shape index (κ1) is 34.8. The van der Waals surface area contributed by atoms with Crippen LogP contribution in [0.5, 0.6) is 5.88 Å². The summed E-state index contributed by atoms with van der Waals surface area (Å²) in [6, 6.07) is -2.73. The number of rotatable bonds is 15. The number of imidazole rings is 1. The Morgan fingerprint density at radius 3 is 2.19 bits per heavy atom. The highest BCUT2D eigenvalue weighted by Crippen LogP contribution is 2.72. The summed E-state index contributed by atoms with van der Waals surface area (Å²) in [5.74, 6) is -1.20. The minimum atomic E-state index is -4.25. The van der Waals surface area contributed by atoms with Crippen molar-refractivity contribution in [2.24, 2.45) is 11.8 Å². The number of hydrogen-bond acceptors (Lipinski definition) is 15. The van der Waals surface area contributed by atoms with Gasteiger partial charge in [0, 0.05) is 0 Å². The highest BCUT2D eigenvalue weighted by atomic mass is 31.2. The first-order valence-corrected chi connectivity index (χ1v) is 16.8. The number of esters is 2. The van der Waals surface area contributed by atoms with E-state index in [0.29, 0.717) is 11.2 Å². The summed E-state index contributed by atoms with van der Waals surface area (Å²) in [5, 5.41) is 5.56. The lowest BCUT2D eigenvalue weighted by atomic mass is 10.1. The quantitative estimate of drug-likeness (QED) is 0.138. The van der Waals surface area contributed by atoms with Gasteiger partial charge in [0.1, 0.15) is 29.8 Å². The number of nitrogens with two attached hydrogens (primary N) is 1. The number of nitrogens with zero attached hydrogens (tertiary/aromatic N) is 4. The van der Waals surface area contributed by atoms with Crippen LogP contribution in [-0.2, 0) is 42.4 Å². The number of hydrogen-bond donors (Lipinski definition) is 3. The maximum Gasteiger partial charge on any atom is 0.509 e. The lowest BCUT2D eigenvalue weighted by Gasteiger charge is -2.30. The number of ether oxygens (including phenoxy) is 6. The third kappa shape index (κ3) is 6.12. The van der Waals surface area contributed by atoms with E-state index in [4.69, 9.17) is 38.7 Å². The molecule has 1 saturated carbocycles. The van der Waals surface area contributed by atoms with Crippen LogP contribution in [0.15, 0.2) is 6.33 Å². The second-order valence-corrected chi connectivity index (χ2v) is 14.7. The highest BCUT2D eigenvalue weighted by molar-refractivity contribution is 7.54. The Morgan fingerprint density at radius 2 is 1.66 bits per heavy atom. The number of nitrogens with one attached hydrogen (secondary N) is 2. The third-order valence-corrected chi connectivity index (χ3v) is 10.4. The van der Waals surface area contributed by atoms with Gasteiger partial charge in [-0.05, 0) is 31.6 Å². The molecule has 3 fully saturated rings. The van der Waals surface area contributed by atoms with E-state index >= 15 is 0 Å². The van der Waals surface area contributed by atoms with Crippen molar-refractivity contribution in [3.63, 3.8) is 0 Å².